The van der Waals surface area contributed by atoms with Gasteiger partial charge in [0, 0.05) is 24.7 Å². The fourth-order valence-corrected chi connectivity index (χ4v) is 2.46. The topological polar surface area (TPSA) is 87.3 Å². The standard InChI is InChI=1S/C15H16N4O3/c1-22-12-4-2-11(3-5-12)19-9-10(8-14(19)20)15(21)17-13-6-7-16-18-13/h2-7,10H,8-9H2,1H3,(H2,16,17,18,21). The van der Waals surface area contributed by atoms with Crippen LogP contribution >= 0.6 is 0 Å². The molecule has 114 valence electrons. The van der Waals surface area contributed by atoms with E-state index in [1.54, 1.807) is 36.4 Å². The normalized spacial score (nSPS) is 17.6. The molecule has 1 aliphatic heterocycles. The third-order valence-electron chi connectivity index (χ3n) is 3.64. The van der Waals surface area contributed by atoms with E-state index in [1.807, 2.05) is 12.1 Å². The zero-order chi connectivity index (χ0) is 15.5. The number of H-pyrrole nitrogens is 1. The van der Waals surface area contributed by atoms with Gasteiger partial charge in [-0.2, -0.15) is 5.10 Å². The number of carbonyl (C=O) groups excluding carboxylic acids is 2. The molecule has 2 N–H and O–H groups in total. The quantitative estimate of drug-likeness (QED) is 0.893. The predicted molar refractivity (Wildman–Crippen MR) is 80.7 cm³/mol. The molecule has 0 saturated carbocycles. The third-order valence-corrected chi connectivity index (χ3v) is 3.64. The van der Waals surface area contributed by atoms with Crippen molar-refractivity contribution >= 4 is 23.3 Å². The van der Waals surface area contributed by atoms with E-state index < -0.39 is 0 Å². The molecule has 7 nitrogen and oxygen atoms in total. The maximum atomic E-state index is 12.2. The number of carbonyl (C=O) groups is 2. The largest absolute Gasteiger partial charge is 0.497 e. The van der Waals surface area contributed by atoms with Gasteiger partial charge in [0.25, 0.3) is 0 Å². The first-order chi connectivity index (χ1) is 10.7. The second-order valence-corrected chi connectivity index (χ2v) is 5.06. The van der Waals surface area contributed by atoms with Gasteiger partial charge in [0.05, 0.1) is 19.2 Å². The number of nitrogens with zero attached hydrogens (tertiary/aromatic N) is 2. The Hall–Kier alpha value is -2.83. The molecule has 1 aromatic carbocycles. The fourth-order valence-electron chi connectivity index (χ4n) is 2.46. The zero-order valence-electron chi connectivity index (χ0n) is 12.1. The molecule has 0 aliphatic carbocycles. The van der Waals surface area contributed by atoms with Crippen molar-refractivity contribution in [2.24, 2.45) is 5.92 Å². The monoisotopic (exact) mass is 300 g/mol. The van der Waals surface area contributed by atoms with E-state index >= 15 is 0 Å². The molecule has 3 rings (SSSR count). The lowest BCUT2D eigenvalue weighted by Gasteiger charge is -2.17. The molecule has 1 aromatic heterocycles. The summed E-state index contributed by atoms with van der Waals surface area (Å²) in [6.45, 7) is 0.366. The highest BCUT2D eigenvalue weighted by Gasteiger charge is 2.35. The number of rotatable bonds is 4. The lowest BCUT2D eigenvalue weighted by atomic mass is 10.1. The minimum atomic E-state index is -0.377. The van der Waals surface area contributed by atoms with Crippen molar-refractivity contribution in [2.45, 2.75) is 6.42 Å². The molecule has 1 unspecified atom stereocenters. The number of nitrogens with one attached hydrogen (secondary N) is 2. The Morgan fingerprint density at radius 1 is 1.36 bits per heavy atom. The van der Waals surface area contributed by atoms with E-state index in [0.717, 1.165) is 11.4 Å². The molecule has 0 bridgehead atoms. The number of benzene rings is 1. The highest BCUT2D eigenvalue weighted by molar-refractivity contribution is 6.03. The molecular weight excluding hydrogens is 284 g/mol. The molecule has 2 aromatic rings. The molecule has 1 fully saturated rings. The van der Waals surface area contributed by atoms with Gasteiger partial charge in [-0.05, 0) is 24.3 Å². The average Bonchev–Trinajstić information content (AvgIpc) is 3.17. The van der Waals surface area contributed by atoms with E-state index in [0.29, 0.717) is 12.4 Å². The van der Waals surface area contributed by atoms with Gasteiger partial charge < -0.3 is 15.0 Å². The molecule has 0 spiro atoms. The predicted octanol–water partition coefficient (Wildman–Crippen LogP) is 1.41. The van der Waals surface area contributed by atoms with Crippen molar-refractivity contribution in [3.63, 3.8) is 0 Å². The highest BCUT2D eigenvalue weighted by atomic mass is 16.5. The summed E-state index contributed by atoms with van der Waals surface area (Å²) in [6.07, 6.45) is 1.76. The zero-order valence-corrected chi connectivity index (χ0v) is 12.1. The van der Waals surface area contributed by atoms with Gasteiger partial charge in [0.15, 0.2) is 0 Å². The number of hydrogen-bond acceptors (Lipinski definition) is 4. The molecule has 2 amide bonds. The van der Waals surface area contributed by atoms with Crippen LogP contribution < -0.4 is 15.0 Å². The smallest absolute Gasteiger partial charge is 0.230 e. The maximum absolute atomic E-state index is 12.2. The number of methoxy groups -OCH3 is 1. The van der Waals surface area contributed by atoms with Gasteiger partial charge in [-0.3, -0.25) is 14.7 Å². The Labute approximate surface area is 127 Å². The van der Waals surface area contributed by atoms with Crippen molar-refractivity contribution in [3.8, 4) is 5.75 Å². The van der Waals surface area contributed by atoms with Gasteiger partial charge >= 0.3 is 0 Å². The van der Waals surface area contributed by atoms with Crippen molar-refractivity contribution in [1.82, 2.24) is 10.2 Å². The van der Waals surface area contributed by atoms with E-state index in [1.165, 1.54) is 0 Å². The molecule has 2 heterocycles. The Bertz CT molecular complexity index is 667. The van der Waals surface area contributed by atoms with Crippen LogP contribution in [-0.2, 0) is 9.59 Å². The first kappa shape index (κ1) is 14.1. The van der Waals surface area contributed by atoms with Crippen LogP contribution in [0.5, 0.6) is 5.75 Å². The van der Waals surface area contributed by atoms with Crippen LogP contribution in [0.1, 0.15) is 6.42 Å². The second kappa shape index (κ2) is 5.88. The van der Waals surface area contributed by atoms with E-state index in [9.17, 15) is 9.59 Å². The molecule has 7 heteroatoms. The van der Waals surface area contributed by atoms with Crippen molar-refractivity contribution in [1.29, 1.82) is 0 Å². The molecule has 22 heavy (non-hydrogen) atoms. The molecular formula is C15H16N4O3. The fraction of sp³-hybridized carbons (Fsp3) is 0.267. The summed E-state index contributed by atoms with van der Waals surface area (Å²) >= 11 is 0. The number of ether oxygens (including phenoxy) is 1. The second-order valence-electron chi connectivity index (χ2n) is 5.06. The number of hydrogen-bond donors (Lipinski definition) is 2. The van der Waals surface area contributed by atoms with Crippen LogP contribution in [-0.4, -0.2) is 35.7 Å². The number of anilines is 2. The average molecular weight is 300 g/mol. The highest BCUT2D eigenvalue weighted by Crippen LogP contribution is 2.27. The van der Waals surface area contributed by atoms with Crippen LogP contribution in [0.3, 0.4) is 0 Å². The third kappa shape index (κ3) is 2.78. The SMILES string of the molecule is COc1ccc(N2CC(C(=O)Nc3ccn[nH]3)CC2=O)cc1. The molecule has 1 aliphatic rings. The van der Waals surface area contributed by atoms with Gasteiger partial charge in [-0.1, -0.05) is 0 Å². The number of amides is 2. The van der Waals surface area contributed by atoms with Gasteiger partial charge in [-0.25, -0.2) is 0 Å². The molecule has 0 radical (unpaired) electrons. The lowest BCUT2D eigenvalue weighted by molar-refractivity contribution is -0.122. The minimum absolute atomic E-state index is 0.0603. The van der Waals surface area contributed by atoms with E-state index in [2.05, 4.69) is 15.5 Å². The summed E-state index contributed by atoms with van der Waals surface area (Å²) in [7, 11) is 1.59. The van der Waals surface area contributed by atoms with Gasteiger partial charge in [0.1, 0.15) is 11.6 Å². The first-order valence-corrected chi connectivity index (χ1v) is 6.92. The number of aromatic amines is 1. The Morgan fingerprint density at radius 3 is 2.77 bits per heavy atom. The Morgan fingerprint density at radius 2 is 2.14 bits per heavy atom. The van der Waals surface area contributed by atoms with Crippen LogP contribution in [0.4, 0.5) is 11.5 Å². The van der Waals surface area contributed by atoms with Gasteiger partial charge in [-0.15, -0.1) is 0 Å². The van der Waals surface area contributed by atoms with Crippen LogP contribution in [0.15, 0.2) is 36.5 Å². The van der Waals surface area contributed by atoms with E-state index in [-0.39, 0.29) is 24.2 Å². The summed E-state index contributed by atoms with van der Waals surface area (Å²) < 4.78 is 5.10. The summed E-state index contributed by atoms with van der Waals surface area (Å²) in [5, 5.41) is 9.15. The van der Waals surface area contributed by atoms with Crippen LogP contribution in [0.25, 0.3) is 0 Å². The Kier molecular flexibility index (Phi) is 3.78. The summed E-state index contributed by atoms with van der Waals surface area (Å²) in [5.41, 5.74) is 0.766. The van der Waals surface area contributed by atoms with Gasteiger partial charge in [0.2, 0.25) is 11.8 Å². The van der Waals surface area contributed by atoms with Crippen molar-refractivity contribution in [3.05, 3.63) is 36.5 Å². The summed E-state index contributed by atoms with van der Waals surface area (Å²) in [6, 6.07) is 8.87. The van der Waals surface area contributed by atoms with Crippen molar-refractivity contribution < 1.29 is 14.3 Å². The molecule has 1 atom stereocenters. The van der Waals surface area contributed by atoms with E-state index in [4.69, 9.17) is 4.74 Å². The first-order valence-electron chi connectivity index (χ1n) is 6.92. The van der Waals surface area contributed by atoms with Crippen molar-refractivity contribution in [2.75, 3.05) is 23.9 Å². The Balaban J connectivity index is 1.68. The minimum Gasteiger partial charge on any atom is -0.497 e. The van der Waals surface area contributed by atoms with Crippen LogP contribution in [0.2, 0.25) is 0 Å². The molecule has 1 saturated heterocycles. The summed E-state index contributed by atoms with van der Waals surface area (Å²) in [5.74, 6) is 0.630. The maximum Gasteiger partial charge on any atom is 0.230 e. The van der Waals surface area contributed by atoms with Crippen LogP contribution in [0, 0.1) is 5.92 Å². The lowest BCUT2D eigenvalue weighted by Crippen LogP contribution is -2.28. The summed E-state index contributed by atoms with van der Waals surface area (Å²) in [4.78, 5) is 25.9. The number of aromatic nitrogens is 2.